The van der Waals surface area contributed by atoms with Gasteiger partial charge in [-0.05, 0) is 44.5 Å². The summed E-state index contributed by atoms with van der Waals surface area (Å²) in [6, 6.07) is 10.6. The number of hydrogen-bond acceptors (Lipinski definition) is 6. The molecule has 0 saturated carbocycles. The van der Waals surface area contributed by atoms with Crippen LogP contribution in [0.15, 0.2) is 35.5 Å². The van der Waals surface area contributed by atoms with Crippen LogP contribution in [0.4, 0.5) is 5.69 Å². The fourth-order valence-electron chi connectivity index (χ4n) is 3.35. The topological polar surface area (TPSA) is 61.4 Å². The molecule has 2 aromatic rings. The molecule has 0 unspecified atom stereocenters. The number of piperazine rings is 1. The van der Waals surface area contributed by atoms with E-state index in [0.29, 0.717) is 17.5 Å². The van der Waals surface area contributed by atoms with Crippen LogP contribution in [0.25, 0.3) is 0 Å². The van der Waals surface area contributed by atoms with Gasteiger partial charge in [-0.1, -0.05) is 23.9 Å². The van der Waals surface area contributed by atoms with E-state index in [1.165, 1.54) is 23.0 Å². The number of anilines is 1. The third-order valence-electron chi connectivity index (χ3n) is 4.78. The average molecular weight is 400 g/mol. The van der Waals surface area contributed by atoms with Crippen molar-refractivity contribution in [3.8, 4) is 0 Å². The van der Waals surface area contributed by atoms with E-state index in [1.54, 1.807) is 0 Å². The molecular formula is C21H29N5OS. The van der Waals surface area contributed by atoms with Crippen molar-refractivity contribution in [2.24, 2.45) is 0 Å². The number of hydrogen-bond donors (Lipinski definition) is 1. The molecule has 0 spiro atoms. The van der Waals surface area contributed by atoms with Gasteiger partial charge in [-0.25, -0.2) is 9.97 Å². The zero-order chi connectivity index (χ0) is 19.9. The first-order valence-electron chi connectivity index (χ1n) is 9.75. The fourth-order valence-corrected chi connectivity index (χ4v) is 4.13. The Hall–Kier alpha value is -2.12. The van der Waals surface area contributed by atoms with E-state index >= 15 is 0 Å². The Kier molecular flexibility index (Phi) is 7.28. The number of benzene rings is 1. The van der Waals surface area contributed by atoms with Gasteiger partial charge >= 0.3 is 0 Å². The van der Waals surface area contributed by atoms with Crippen LogP contribution in [-0.4, -0.2) is 65.8 Å². The number of thioether (sulfide) groups is 1. The van der Waals surface area contributed by atoms with Crippen molar-refractivity contribution in [3.05, 3.63) is 47.3 Å². The molecule has 0 bridgehead atoms. The summed E-state index contributed by atoms with van der Waals surface area (Å²) >= 11 is 1.39. The highest BCUT2D eigenvalue weighted by Crippen LogP contribution is 2.17. The van der Waals surface area contributed by atoms with Gasteiger partial charge in [-0.3, -0.25) is 9.69 Å². The second kappa shape index (κ2) is 9.89. The highest BCUT2D eigenvalue weighted by Gasteiger charge is 2.17. The lowest BCUT2D eigenvalue weighted by Crippen LogP contribution is -2.48. The van der Waals surface area contributed by atoms with Gasteiger partial charge in [0, 0.05) is 56.3 Å². The number of aromatic nitrogens is 2. The van der Waals surface area contributed by atoms with Gasteiger partial charge in [0.25, 0.3) is 0 Å². The number of nitrogens with zero attached hydrogens (tertiary/aromatic N) is 4. The minimum Gasteiger partial charge on any atom is -0.369 e. The molecule has 6 nitrogen and oxygen atoms in total. The van der Waals surface area contributed by atoms with E-state index in [0.717, 1.165) is 44.1 Å². The van der Waals surface area contributed by atoms with Crippen LogP contribution in [-0.2, 0) is 4.79 Å². The van der Waals surface area contributed by atoms with Crippen molar-refractivity contribution in [1.29, 1.82) is 0 Å². The summed E-state index contributed by atoms with van der Waals surface area (Å²) in [6.45, 7) is 11.7. The third kappa shape index (κ3) is 6.21. The smallest absolute Gasteiger partial charge is 0.230 e. The zero-order valence-electron chi connectivity index (χ0n) is 16.9. The molecule has 1 saturated heterocycles. The Morgan fingerprint density at radius 2 is 1.79 bits per heavy atom. The van der Waals surface area contributed by atoms with Crippen molar-refractivity contribution in [2.45, 2.75) is 25.9 Å². The Morgan fingerprint density at radius 3 is 2.46 bits per heavy atom. The summed E-state index contributed by atoms with van der Waals surface area (Å²) in [5.41, 5.74) is 4.46. The molecule has 1 N–H and O–H groups in total. The Bertz CT molecular complexity index is 785. The summed E-state index contributed by atoms with van der Waals surface area (Å²) < 4.78 is 0. The van der Waals surface area contributed by atoms with Crippen molar-refractivity contribution in [1.82, 2.24) is 20.2 Å². The van der Waals surface area contributed by atoms with Crippen LogP contribution in [0, 0.1) is 20.8 Å². The van der Waals surface area contributed by atoms with Crippen LogP contribution in [0.1, 0.15) is 17.0 Å². The zero-order valence-corrected chi connectivity index (χ0v) is 17.8. The number of amides is 1. The number of nitrogens with one attached hydrogen (secondary N) is 1. The van der Waals surface area contributed by atoms with Gasteiger partial charge in [-0.15, -0.1) is 0 Å². The Labute approximate surface area is 171 Å². The van der Waals surface area contributed by atoms with Crippen molar-refractivity contribution in [2.75, 3.05) is 49.9 Å². The number of carbonyl (C=O) groups is 1. The summed E-state index contributed by atoms with van der Waals surface area (Å²) in [7, 11) is 0. The molecule has 3 rings (SSSR count). The molecule has 1 amide bonds. The van der Waals surface area contributed by atoms with Gasteiger partial charge < -0.3 is 10.2 Å². The molecule has 1 aliphatic rings. The molecule has 0 radical (unpaired) electrons. The maximum absolute atomic E-state index is 12.1. The van der Waals surface area contributed by atoms with Gasteiger partial charge in [0.1, 0.15) is 0 Å². The summed E-state index contributed by atoms with van der Waals surface area (Å²) in [5, 5.41) is 3.68. The molecule has 1 aliphatic heterocycles. The maximum Gasteiger partial charge on any atom is 0.230 e. The number of rotatable bonds is 7. The summed E-state index contributed by atoms with van der Waals surface area (Å²) in [5.74, 6) is 0.385. The SMILES string of the molecule is Cc1cccc(N2CCN(CCNC(=O)CSc3nc(C)cc(C)n3)CC2)c1. The van der Waals surface area contributed by atoms with E-state index in [4.69, 9.17) is 0 Å². The monoisotopic (exact) mass is 399 g/mol. The van der Waals surface area contributed by atoms with Crippen LogP contribution < -0.4 is 10.2 Å². The van der Waals surface area contributed by atoms with E-state index in [9.17, 15) is 4.79 Å². The molecule has 7 heteroatoms. The first-order valence-corrected chi connectivity index (χ1v) is 10.7. The average Bonchev–Trinajstić information content (AvgIpc) is 2.66. The van der Waals surface area contributed by atoms with E-state index in [-0.39, 0.29) is 5.91 Å². The van der Waals surface area contributed by atoms with Crippen LogP contribution in [0.5, 0.6) is 0 Å². The molecule has 0 aliphatic carbocycles. The molecule has 28 heavy (non-hydrogen) atoms. The molecular weight excluding hydrogens is 370 g/mol. The summed E-state index contributed by atoms with van der Waals surface area (Å²) in [6.07, 6.45) is 0. The van der Waals surface area contributed by atoms with Gasteiger partial charge in [0.2, 0.25) is 5.91 Å². The Morgan fingerprint density at radius 1 is 1.07 bits per heavy atom. The molecule has 1 aromatic heterocycles. The minimum absolute atomic E-state index is 0.0335. The van der Waals surface area contributed by atoms with Crippen molar-refractivity contribution < 1.29 is 4.79 Å². The van der Waals surface area contributed by atoms with Gasteiger partial charge in [0.05, 0.1) is 5.75 Å². The first-order chi connectivity index (χ1) is 13.5. The van der Waals surface area contributed by atoms with Crippen molar-refractivity contribution >= 4 is 23.4 Å². The minimum atomic E-state index is 0.0335. The van der Waals surface area contributed by atoms with Crippen LogP contribution in [0.2, 0.25) is 0 Å². The third-order valence-corrected chi connectivity index (χ3v) is 5.63. The summed E-state index contributed by atoms with van der Waals surface area (Å²) in [4.78, 5) is 25.6. The quantitative estimate of drug-likeness (QED) is 0.570. The van der Waals surface area contributed by atoms with Gasteiger partial charge in [0.15, 0.2) is 5.16 Å². The normalized spacial score (nSPS) is 14.9. The lowest BCUT2D eigenvalue weighted by Gasteiger charge is -2.36. The largest absolute Gasteiger partial charge is 0.369 e. The van der Waals surface area contributed by atoms with Gasteiger partial charge in [-0.2, -0.15) is 0 Å². The number of carbonyl (C=O) groups excluding carboxylic acids is 1. The highest BCUT2D eigenvalue weighted by atomic mass is 32.2. The number of aryl methyl sites for hydroxylation is 3. The molecule has 150 valence electrons. The molecule has 1 aromatic carbocycles. The molecule has 1 fully saturated rings. The van der Waals surface area contributed by atoms with Crippen LogP contribution in [0.3, 0.4) is 0 Å². The van der Waals surface area contributed by atoms with E-state index in [2.05, 4.69) is 56.3 Å². The van der Waals surface area contributed by atoms with Crippen molar-refractivity contribution in [3.63, 3.8) is 0 Å². The maximum atomic E-state index is 12.1. The standard InChI is InChI=1S/C21H29N5OS/c1-16-5-4-6-19(13-16)26-11-9-25(10-12-26)8-7-22-20(27)15-28-21-23-17(2)14-18(3)24-21/h4-6,13-14H,7-12,15H2,1-3H3,(H,22,27). The predicted molar refractivity (Wildman–Crippen MR) is 115 cm³/mol. The lowest BCUT2D eigenvalue weighted by molar-refractivity contribution is -0.118. The second-order valence-corrected chi connectivity index (χ2v) is 8.18. The van der Waals surface area contributed by atoms with E-state index < -0.39 is 0 Å². The highest BCUT2D eigenvalue weighted by molar-refractivity contribution is 7.99. The molecule has 0 atom stereocenters. The van der Waals surface area contributed by atoms with E-state index in [1.807, 2.05) is 19.9 Å². The predicted octanol–water partition coefficient (Wildman–Crippen LogP) is 2.43. The first kappa shape index (κ1) is 20.6. The fraction of sp³-hybridized carbons (Fsp3) is 0.476. The Balaban J connectivity index is 1.33. The second-order valence-electron chi connectivity index (χ2n) is 7.24. The van der Waals surface area contributed by atoms with Crippen LogP contribution >= 0.6 is 11.8 Å². The molecule has 2 heterocycles. The lowest BCUT2D eigenvalue weighted by atomic mass is 10.2.